The Kier molecular flexibility index (Phi) is 9.40. The molecule has 0 unspecified atom stereocenters. The van der Waals surface area contributed by atoms with E-state index in [0.29, 0.717) is 0 Å². The molecule has 3 heteroatoms. The van der Waals surface area contributed by atoms with Gasteiger partial charge in [0.1, 0.15) is 11.2 Å². The average molecular weight is 872 g/mol. The first-order valence-corrected chi connectivity index (χ1v) is 23.6. The van der Waals surface area contributed by atoms with E-state index in [1.165, 1.54) is 58.8 Å². The zero-order valence-corrected chi connectivity index (χ0v) is 37.3. The zero-order chi connectivity index (χ0) is 44.3. The molecule has 0 saturated heterocycles. The van der Waals surface area contributed by atoms with E-state index in [1.54, 1.807) is 0 Å². The molecule has 13 aromatic rings. The van der Waals surface area contributed by atoms with E-state index in [1.807, 2.05) is 11.3 Å². The Morgan fingerprint density at radius 1 is 0.313 bits per heavy atom. The Balaban J connectivity index is 1.06. The minimum absolute atomic E-state index is 0.855. The lowest BCUT2D eigenvalue weighted by molar-refractivity contribution is 0.670. The third-order valence-corrected chi connectivity index (χ3v) is 14.4. The van der Waals surface area contributed by atoms with Crippen LogP contribution >= 0.6 is 11.3 Å². The topological polar surface area (TPSA) is 16.4 Å². The quantitative estimate of drug-likeness (QED) is 0.151. The van der Waals surface area contributed by atoms with Crippen molar-refractivity contribution < 1.29 is 4.42 Å². The van der Waals surface area contributed by atoms with Gasteiger partial charge in [-0.25, -0.2) is 0 Å². The van der Waals surface area contributed by atoms with Gasteiger partial charge in [0.05, 0.1) is 16.8 Å². The van der Waals surface area contributed by atoms with Crippen molar-refractivity contribution in [3.8, 4) is 55.6 Å². The van der Waals surface area contributed by atoms with Crippen LogP contribution in [0.1, 0.15) is 0 Å². The first-order chi connectivity index (χ1) is 33.2. The van der Waals surface area contributed by atoms with Gasteiger partial charge in [0, 0.05) is 36.8 Å². The fourth-order valence-electron chi connectivity index (χ4n) is 10.0. The van der Waals surface area contributed by atoms with Crippen molar-refractivity contribution in [2.75, 3.05) is 4.90 Å². The van der Waals surface area contributed by atoms with Crippen molar-refractivity contribution in [1.82, 2.24) is 0 Å². The first kappa shape index (κ1) is 38.9. The third kappa shape index (κ3) is 6.79. The summed E-state index contributed by atoms with van der Waals surface area (Å²) in [4.78, 5) is 2.47. The molecule has 13 rings (SSSR count). The Morgan fingerprint density at radius 2 is 0.821 bits per heavy atom. The van der Waals surface area contributed by atoms with Gasteiger partial charge in [0.15, 0.2) is 0 Å². The van der Waals surface area contributed by atoms with E-state index < -0.39 is 0 Å². The van der Waals surface area contributed by atoms with Gasteiger partial charge in [0.25, 0.3) is 0 Å². The van der Waals surface area contributed by atoms with Gasteiger partial charge in [-0.3, -0.25) is 0 Å². The zero-order valence-electron chi connectivity index (χ0n) is 36.4. The van der Waals surface area contributed by atoms with Gasteiger partial charge in [0.2, 0.25) is 0 Å². The average Bonchev–Trinajstić information content (AvgIpc) is 3.98. The highest BCUT2D eigenvalue weighted by molar-refractivity contribution is 7.26. The fraction of sp³-hybridized carbons (Fsp3) is 0. The molecule has 0 amide bonds. The SMILES string of the molecule is c1ccc(-c2ccc3c(c2)oc2c(-c4ccccc4)ccc(N(c4ccc(-c5cc6ccccc6cc5-c5ccccc5)cc4)c4cccc5sc6cc(-c7ccccc7)ccc6c45)c23)cc1. The normalized spacial score (nSPS) is 11.6. The molecule has 0 bridgehead atoms. The van der Waals surface area contributed by atoms with Crippen molar-refractivity contribution in [2.45, 2.75) is 0 Å². The van der Waals surface area contributed by atoms with E-state index in [9.17, 15) is 0 Å². The van der Waals surface area contributed by atoms with Gasteiger partial charge >= 0.3 is 0 Å². The lowest BCUT2D eigenvalue weighted by Gasteiger charge is -2.28. The van der Waals surface area contributed by atoms with Crippen molar-refractivity contribution in [2.24, 2.45) is 0 Å². The largest absolute Gasteiger partial charge is 0.455 e. The Bertz CT molecular complexity index is 3950. The van der Waals surface area contributed by atoms with Crippen LogP contribution in [-0.2, 0) is 0 Å². The van der Waals surface area contributed by atoms with Crippen molar-refractivity contribution in [3.63, 3.8) is 0 Å². The maximum atomic E-state index is 7.10. The van der Waals surface area contributed by atoms with Crippen LogP contribution in [0.15, 0.2) is 253 Å². The molecular weight excluding hydrogens is 831 g/mol. The summed E-state index contributed by atoms with van der Waals surface area (Å²) < 4.78 is 9.60. The number of hydrogen-bond donors (Lipinski definition) is 0. The molecule has 11 aromatic carbocycles. The highest BCUT2D eigenvalue weighted by atomic mass is 32.1. The minimum atomic E-state index is 0.855. The summed E-state index contributed by atoms with van der Waals surface area (Å²) >= 11 is 1.85. The van der Waals surface area contributed by atoms with Crippen molar-refractivity contribution in [3.05, 3.63) is 249 Å². The molecule has 0 N–H and O–H groups in total. The van der Waals surface area contributed by atoms with Crippen LogP contribution in [0.3, 0.4) is 0 Å². The van der Waals surface area contributed by atoms with Crippen LogP contribution in [-0.4, -0.2) is 0 Å². The van der Waals surface area contributed by atoms with Crippen LogP contribution < -0.4 is 4.90 Å². The molecule has 67 heavy (non-hydrogen) atoms. The summed E-state index contributed by atoms with van der Waals surface area (Å²) in [6.45, 7) is 0. The maximum absolute atomic E-state index is 7.10. The standard InChI is InChI=1S/C64H41NOS/c1-5-16-42(17-6-1)49-30-34-53-59(40-49)66-64-52(44-20-9-3-10-21-44)36-37-58(63(53)64)65(57-26-15-27-60-62(57)54-35-31-50(41-61(54)67-60)43-18-7-2-8-19-43)51-32-28-46(29-33-51)56-39-48-25-14-13-24-47(48)38-55(56)45-22-11-4-12-23-45/h1-41H. The molecule has 2 heterocycles. The molecule has 0 aliphatic carbocycles. The second-order valence-electron chi connectivity index (χ2n) is 17.2. The predicted molar refractivity (Wildman–Crippen MR) is 286 cm³/mol. The van der Waals surface area contributed by atoms with E-state index in [4.69, 9.17) is 4.42 Å². The van der Waals surface area contributed by atoms with Crippen molar-refractivity contribution in [1.29, 1.82) is 0 Å². The van der Waals surface area contributed by atoms with Crippen LogP contribution in [0.2, 0.25) is 0 Å². The van der Waals surface area contributed by atoms with E-state index in [0.717, 1.165) is 66.8 Å². The molecular formula is C64H41NOS. The number of anilines is 3. The highest BCUT2D eigenvalue weighted by Crippen LogP contribution is 2.51. The summed E-state index contributed by atoms with van der Waals surface area (Å²) in [5, 5.41) is 7.06. The Morgan fingerprint density at radius 3 is 1.45 bits per heavy atom. The maximum Gasteiger partial charge on any atom is 0.145 e. The van der Waals surface area contributed by atoms with Crippen LogP contribution in [0, 0.1) is 0 Å². The summed E-state index contributed by atoms with van der Waals surface area (Å²) in [5.41, 5.74) is 16.6. The highest BCUT2D eigenvalue weighted by Gasteiger charge is 2.25. The number of furan rings is 1. The fourth-order valence-corrected chi connectivity index (χ4v) is 11.2. The van der Waals surface area contributed by atoms with Crippen LogP contribution in [0.5, 0.6) is 0 Å². The van der Waals surface area contributed by atoms with Crippen LogP contribution in [0.25, 0.3) is 109 Å². The molecule has 2 aromatic heterocycles. The van der Waals surface area contributed by atoms with Gasteiger partial charge in [-0.2, -0.15) is 0 Å². The summed E-state index contributed by atoms with van der Waals surface area (Å²) in [5.74, 6) is 0. The number of thiophene rings is 1. The summed E-state index contributed by atoms with van der Waals surface area (Å²) in [7, 11) is 0. The molecule has 0 aliphatic heterocycles. The lowest BCUT2D eigenvalue weighted by Crippen LogP contribution is -2.11. The summed E-state index contributed by atoms with van der Waals surface area (Å²) in [6.07, 6.45) is 0. The number of nitrogens with zero attached hydrogens (tertiary/aromatic N) is 1. The Hall–Kier alpha value is -8.50. The van der Waals surface area contributed by atoms with E-state index in [-0.39, 0.29) is 0 Å². The molecule has 0 saturated carbocycles. The van der Waals surface area contributed by atoms with Gasteiger partial charge < -0.3 is 9.32 Å². The molecule has 0 fully saturated rings. The molecule has 0 spiro atoms. The second-order valence-corrected chi connectivity index (χ2v) is 18.3. The molecule has 0 aliphatic rings. The first-order valence-electron chi connectivity index (χ1n) is 22.8. The molecule has 2 nitrogen and oxygen atoms in total. The van der Waals surface area contributed by atoms with E-state index >= 15 is 0 Å². The number of rotatable bonds is 8. The van der Waals surface area contributed by atoms with Crippen molar-refractivity contribution >= 4 is 81.3 Å². The smallest absolute Gasteiger partial charge is 0.145 e. The molecule has 0 atom stereocenters. The number of hydrogen-bond acceptors (Lipinski definition) is 3. The molecule has 0 radical (unpaired) electrons. The number of fused-ring (bicyclic) bond motifs is 7. The third-order valence-electron chi connectivity index (χ3n) is 13.3. The monoisotopic (exact) mass is 871 g/mol. The van der Waals surface area contributed by atoms with Crippen LogP contribution in [0.4, 0.5) is 17.1 Å². The lowest BCUT2D eigenvalue weighted by atomic mass is 9.91. The summed E-state index contributed by atoms with van der Waals surface area (Å²) in [6, 6.07) is 90.1. The number of benzene rings is 11. The Labute approximate surface area is 392 Å². The predicted octanol–water partition coefficient (Wildman–Crippen LogP) is 18.9. The van der Waals surface area contributed by atoms with Gasteiger partial charge in [-0.15, -0.1) is 11.3 Å². The van der Waals surface area contributed by atoms with Gasteiger partial charge in [-0.05, 0) is 128 Å². The minimum Gasteiger partial charge on any atom is -0.455 e. The van der Waals surface area contributed by atoms with E-state index in [2.05, 4.69) is 254 Å². The molecule has 314 valence electrons. The van der Waals surface area contributed by atoms with Gasteiger partial charge in [-0.1, -0.05) is 182 Å². The second kappa shape index (κ2) is 16.2.